The van der Waals surface area contributed by atoms with Gasteiger partial charge in [-0.15, -0.1) is 0 Å². The van der Waals surface area contributed by atoms with Gasteiger partial charge in [-0.05, 0) is 89.9 Å². The Morgan fingerprint density at radius 3 is 1.12 bits per heavy atom. The van der Waals surface area contributed by atoms with Gasteiger partial charge in [-0.1, -0.05) is 191 Å². The molecule has 0 saturated heterocycles. The van der Waals surface area contributed by atoms with Crippen LogP contribution >= 0.6 is 0 Å². The maximum Gasteiger partial charge on any atom is 0.249 e. The van der Waals surface area contributed by atoms with Crippen molar-refractivity contribution in [3.05, 3.63) is 48.6 Å². The Labute approximate surface area is 347 Å². The number of rotatable bonds is 43. The highest BCUT2D eigenvalue weighted by molar-refractivity contribution is 5.80. The van der Waals surface area contributed by atoms with E-state index in [0.29, 0.717) is 19.3 Å². The first kappa shape index (κ1) is 54.3. The number of hydrogen-bond acceptors (Lipinski definition) is 5. The molecule has 0 aromatic heterocycles. The molecule has 0 radical (unpaired) electrons. The zero-order valence-electron chi connectivity index (χ0n) is 36.9. The van der Waals surface area contributed by atoms with E-state index in [4.69, 9.17) is 0 Å². The standard InChI is InChI=1S/C50H93NO5/c1-3-5-7-9-11-13-15-17-19-21-23-25-27-29-31-33-35-37-39-41-43-47(53)49(55)46(45-52)51-50(56)48(54)44-42-40-38-36-34-32-30-28-26-24-22-20-18-16-14-12-10-8-6-4-2/h19,21,26-29,35,37,46-49,52-55H,3-18,20,22-25,30-34,36,38-45H2,1-2H3,(H,51,56)/b21-19+,28-26-,29-27+,37-35+. The van der Waals surface area contributed by atoms with E-state index in [1.807, 2.05) is 0 Å². The van der Waals surface area contributed by atoms with Crippen LogP contribution in [-0.2, 0) is 4.79 Å². The van der Waals surface area contributed by atoms with Crippen molar-refractivity contribution in [1.29, 1.82) is 0 Å². The van der Waals surface area contributed by atoms with Gasteiger partial charge in [0.05, 0.1) is 18.8 Å². The summed E-state index contributed by atoms with van der Waals surface area (Å²) in [6.07, 6.45) is 54.3. The Bertz CT molecular complexity index is 930. The van der Waals surface area contributed by atoms with Gasteiger partial charge in [-0.2, -0.15) is 0 Å². The number of unbranched alkanes of at least 4 members (excludes halogenated alkanes) is 26. The Balaban J connectivity index is 3.81. The van der Waals surface area contributed by atoms with Crippen LogP contribution in [0.15, 0.2) is 48.6 Å². The van der Waals surface area contributed by atoms with E-state index in [-0.39, 0.29) is 0 Å². The lowest BCUT2D eigenvalue weighted by Crippen LogP contribution is -2.53. The molecule has 0 heterocycles. The van der Waals surface area contributed by atoms with Crippen LogP contribution in [0.5, 0.6) is 0 Å². The monoisotopic (exact) mass is 788 g/mol. The van der Waals surface area contributed by atoms with E-state index < -0.39 is 36.9 Å². The summed E-state index contributed by atoms with van der Waals surface area (Å²) < 4.78 is 0. The highest BCUT2D eigenvalue weighted by atomic mass is 16.3. The van der Waals surface area contributed by atoms with Crippen LogP contribution in [0.25, 0.3) is 0 Å². The van der Waals surface area contributed by atoms with Crippen molar-refractivity contribution in [3.63, 3.8) is 0 Å². The van der Waals surface area contributed by atoms with E-state index in [0.717, 1.165) is 64.2 Å². The molecular weight excluding hydrogens is 695 g/mol. The highest BCUT2D eigenvalue weighted by Crippen LogP contribution is 2.15. The molecule has 0 aromatic carbocycles. The molecule has 0 rings (SSSR count). The molecule has 328 valence electrons. The first-order chi connectivity index (χ1) is 27.5. The predicted octanol–water partition coefficient (Wildman–Crippen LogP) is 13.1. The molecular formula is C50H93NO5. The molecule has 0 bridgehead atoms. The summed E-state index contributed by atoms with van der Waals surface area (Å²) in [6.45, 7) is 4.03. The molecule has 6 heteroatoms. The number of amides is 1. The van der Waals surface area contributed by atoms with Crippen molar-refractivity contribution in [2.24, 2.45) is 0 Å². The molecule has 4 atom stereocenters. The Morgan fingerprint density at radius 2 is 0.750 bits per heavy atom. The second-order valence-corrected chi connectivity index (χ2v) is 16.4. The summed E-state index contributed by atoms with van der Waals surface area (Å²) in [5, 5.41) is 43.7. The lowest BCUT2D eigenvalue weighted by molar-refractivity contribution is -0.132. The predicted molar refractivity (Wildman–Crippen MR) is 242 cm³/mol. The Kier molecular flexibility index (Phi) is 43.0. The average Bonchev–Trinajstić information content (AvgIpc) is 3.20. The number of hydrogen-bond donors (Lipinski definition) is 5. The van der Waals surface area contributed by atoms with Crippen molar-refractivity contribution in [1.82, 2.24) is 5.32 Å². The Morgan fingerprint density at radius 1 is 0.429 bits per heavy atom. The number of aliphatic hydroxyl groups is 4. The largest absolute Gasteiger partial charge is 0.394 e. The quantitative estimate of drug-likeness (QED) is 0.0312. The van der Waals surface area contributed by atoms with Gasteiger partial charge in [0.1, 0.15) is 12.2 Å². The molecule has 0 fully saturated rings. The number of carbonyl (C=O) groups is 1. The fourth-order valence-corrected chi connectivity index (χ4v) is 7.14. The van der Waals surface area contributed by atoms with Crippen LogP contribution in [0.1, 0.15) is 232 Å². The minimum absolute atomic E-state index is 0.350. The molecule has 0 aliphatic carbocycles. The minimum Gasteiger partial charge on any atom is -0.394 e. The van der Waals surface area contributed by atoms with Crippen LogP contribution in [0.4, 0.5) is 0 Å². The third-order valence-corrected chi connectivity index (χ3v) is 11.0. The molecule has 5 N–H and O–H groups in total. The van der Waals surface area contributed by atoms with Gasteiger partial charge < -0.3 is 25.7 Å². The van der Waals surface area contributed by atoms with Crippen LogP contribution in [0, 0.1) is 0 Å². The van der Waals surface area contributed by atoms with E-state index in [9.17, 15) is 25.2 Å². The number of allylic oxidation sites excluding steroid dienone is 8. The van der Waals surface area contributed by atoms with Crippen LogP contribution < -0.4 is 5.32 Å². The molecule has 6 nitrogen and oxygen atoms in total. The van der Waals surface area contributed by atoms with Crippen molar-refractivity contribution < 1.29 is 25.2 Å². The van der Waals surface area contributed by atoms with Crippen LogP contribution in [0.3, 0.4) is 0 Å². The normalized spacial score (nSPS) is 14.5. The van der Waals surface area contributed by atoms with Crippen molar-refractivity contribution in [2.45, 2.75) is 257 Å². The molecule has 0 aromatic rings. The summed E-state index contributed by atoms with van der Waals surface area (Å²) in [7, 11) is 0. The van der Waals surface area contributed by atoms with Gasteiger partial charge in [0.25, 0.3) is 0 Å². The van der Waals surface area contributed by atoms with E-state index in [1.165, 1.54) is 135 Å². The lowest BCUT2D eigenvalue weighted by Gasteiger charge is -2.27. The zero-order valence-corrected chi connectivity index (χ0v) is 36.9. The third-order valence-electron chi connectivity index (χ3n) is 11.0. The van der Waals surface area contributed by atoms with E-state index in [2.05, 4.69) is 67.8 Å². The smallest absolute Gasteiger partial charge is 0.249 e. The number of nitrogens with one attached hydrogen (secondary N) is 1. The highest BCUT2D eigenvalue weighted by Gasteiger charge is 2.28. The molecule has 0 aliphatic heterocycles. The first-order valence-corrected chi connectivity index (χ1v) is 24.0. The van der Waals surface area contributed by atoms with E-state index in [1.54, 1.807) is 0 Å². The maximum absolute atomic E-state index is 12.5. The van der Waals surface area contributed by atoms with Gasteiger partial charge >= 0.3 is 0 Å². The lowest BCUT2D eigenvalue weighted by atomic mass is 10.00. The molecule has 0 saturated carbocycles. The summed E-state index contributed by atoms with van der Waals surface area (Å²) in [5.74, 6) is -0.604. The fraction of sp³-hybridized carbons (Fsp3) is 0.820. The SMILES string of the molecule is CCCCCCCCC/C=C/CC/C=C/CC/C=C/CCCC(O)C(O)C(CO)NC(=O)C(O)CCCCCCCC/C=C\CCCCCCCCCCCC. The molecule has 0 spiro atoms. The second-order valence-electron chi connectivity index (χ2n) is 16.4. The second kappa shape index (κ2) is 44.4. The summed E-state index contributed by atoms with van der Waals surface area (Å²) in [6, 6.07) is -1.01. The third kappa shape index (κ3) is 37.8. The first-order valence-electron chi connectivity index (χ1n) is 24.0. The minimum atomic E-state index is -1.30. The summed E-state index contributed by atoms with van der Waals surface area (Å²) >= 11 is 0. The van der Waals surface area contributed by atoms with Gasteiger partial charge in [0.2, 0.25) is 5.91 Å². The van der Waals surface area contributed by atoms with Crippen LogP contribution in [-0.4, -0.2) is 57.3 Å². The van der Waals surface area contributed by atoms with Crippen LogP contribution in [0.2, 0.25) is 0 Å². The molecule has 0 aliphatic rings. The number of aliphatic hydroxyl groups excluding tert-OH is 4. The van der Waals surface area contributed by atoms with Gasteiger partial charge in [-0.25, -0.2) is 0 Å². The molecule has 4 unspecified atom stereocenters. The zero-order chi connectivity index (χ0) is 41.0. The van der Waals surface area contributed by atoms with Gasteiger partial charge in [-0.3, -0.25) is 4.79 Å². The average molecular weight is 788 g/mol. The maximum atomic E-state index is 12.5. The van der Waals surface area contributed by atoms with Gasteiger partial charge in [0, 0.05) is 0 Å². The van der Waals surface area contributed by atoms with Gasteiger partial charge in [0.15, 0.2) is 0 Å². The van der Waals surface area contributed by atoms with Crippen molar-refractivity contribution >= 4 is 5.91 Å². The summed E-state index contributed by atoms with van der Waals surface area (Å²) in [5.41, 5.74) is 0. The summed E-state index contributed by atoms with van der Waals surface area (Å²) in [4.78, 5) is 12.5. The Hall–Kier alpha value is -1.73. The molecule has 1 amide bonds. The van der Waals surface area contributed by atoms with E-state index >= 15 is 0 Å². The van der Waals surface area contributed by atoms with Crippen molar-refractivity contribution in [2.75, 3.05) is 6.61 Å². The van der Waals surface area contributed by atoms with Crippen molar-refractivity contribution in [3.8, 4) is 0 Å². The molecule has 56 heavy (non-hydrogen) atoms. The fourth-order valence-electron chi connectivity index (χ4n) is 7.14. The number of carbonyl (C=O) groups excluding carboxylic acids is 1. The topological polar surface area (TPSA) is 110 Å².